The number of aromatic amines is 1. The number of aromatic nitrogens is 5. The zero-order chi connectivity index (χ0) is 17.6. The van der Waals surface area contributed by atoms with Crippen LogP contribution in [0.4, 0.5) is 0 Å². The van der Waals surface area contributed by atoms with Crippen LogP contribution in [0.25, 0.3) is 22.6 Å². The van der Waals surface area contributed by atoms with E-state index in [2.05, 4.69) is 20.3 Å². The zero-order valence-electron chi connectivity index (χ0n) is 12.9. The number of ether oxygens (including phenoxy) is 1. The van der Waals surface area contributed by atoms with Crippen LogP contribution in [0, 0.1) is 0 Å². The Balaban J connectivity index is 1.84. The van der Waals surface area contributed by atoms with E-state index in [4.69, 9.17) is 4.74 Å². The summed E-state index contributed by atoms with van der Waals surface area (Å²) in [7, 11) is 0. The van der Waals surface area contributed by atoms with Gasteiger partial charge in [-0.25, -0.2) is 4.98 Å². The summed E-state index contributed by atoms with van der Waals surface area (Å²) >= 11 is 0. The molecule has 1 fully saturated rings. The lowest BCUT2D eigenvalue weighted by Crippen LogP contribution is -2.33. The molecule has 0 spiro atoms. The van der Waals surface area contributed by atoms with Gasteiger partial charge in [0.15, 0.2) is 17.4 Å². The Hall–Kier alpha value is -2.66. The van der Waals surface area contributed by atoms with Crippen molar-refractivity contribution in [3.63, 3.8) is 0 Å². The quantitative estimate of drug-likeness (QED) is 0.462. The maximum atomic E-state index is 12.3. The van der Waals surface area contributed by atoms with E-state index in [-0.39, 0.29) is 11.2 Å². The first-order valence-electron chi connectivity index (χ1n) is 7.63. The van der Waals surface area contributed by atoms with Crippen LogP contribution in [0.15, 0.2) is 35.1 Å². The second-order valence-electron chi connectivity index (χ2n) is 5.72. The molecule has 0 unspecified atom stereocenters. The van der Waals surface area contributed by atoms with E-state index in [1.807, 2.05) is 6.07 Å². The minimum Gasteiger partial charge on any atom is -0.394 e. The minimum absolute atomic E-state index is 0.0163. The Bertz CT molecular complexity index is 956. The van der Waals surface area contributed by atoms with Crippen LogP contribution in [0.5, 0.6) is 0 Å². The minimum atomic E-state index is -1.34. The Morgan fingerprint density at radius 1 is 1.20 bits per heavy atom. The number of nitrogens with zero attached hydrogens (tertiary/aromatic N) is 4. The zero-order valence-corrected chi connectivity index (χ0v) is 12.9. The van der Waals surface area contributed by atoms with Gasteiger partial charge in [-0.05, 0) is 0 Å². The van der Waals surface area contributed by atoms with Crippen molar-refractivity contribution in [3.8, 4) is 11.4 Å². The van der Waals surface area contributed by atoms with Crippen LogP contribution >= 0.6 is 0 Å². The van der Waals surface area contributed by atoms with Crippen LogP contribution < -0.4 is 5.56 Å². The Morgan fingerprint density at radius 2 is 1.96 bits per heavy atom. The first-order valence-corrected chi connectivity index (χ1v) is 7.63. The molecule has 0 bridgehead atoms. The maximum absolute atomic E-state index is 12.3. The number of hydrogen-bond acceptors (Lipinski definition) is 8. The molecule has 0 saturated carbocycles. The molecule has 25 heavy (non-hydrogen) atoms. The van der Waals surface area contributed by atoms with Crippen LogP contribution in [0.1, 0.15) is 6.23 Å². The summed E-state index contributed by atoms with van der Waals surface area (Å²) in [5, 5.41) is 36.9. The van der Waals surface area contributed by atoms with E-state index in [0.29, 0.717) is 11.4 Å². The first-order chi connectivity index (χ1) is 12.1. The molecule has 1 aliphatic heterocycles. The van der Waals surface area contributed by atoms with Crippen LogP contribution in [0.3, 0.4) is 0 Å². The van der Waals surface area contributed by atoms with Crippen LogP contribution in [0.2, 0.25) is 0 Å². The molecule has 3 aromatic rings. The Labute approximate surface area is 140 Å². The third-order valence-corrected chi connectivity index (χ3v) is 4.14. The lowest BCUT2D eigenvalue weighted by molar-refractivity contribution is -0.0574. The number of nitrogens with one attached hydrogen (secondary N) is 1. The van der Waals surface area contributed by atoms with Gasteiger partial charge in [0.05, 0.1) is 6.61 Å². The third-order valence-electron chi connectivity index (χ3n) is 4.14. The number of aliphatic hydroxyl groups excluding tert-OH is 3. The molecule has 0 radical (unpaired) electrons. The number of aliphatic hydroxyl groups is 3. The molecule has 3 heterocycles. The van der Waals surface area contributed by atoms with Gasteiger partial charge in [-0.3, -0.25) is 4.79 Å². The topological polar surface area (TPSA) is 146 Å². The average molecular weight is 345 g/mol. The molecule has 1 aliphatic rings. The van der Waals surface area contributed by atoms with Crippen LogP contribution in [-0.2, 0) is 4.74 Å². The summed E-state index contributed by atoms with van der Waals surface area (Å²) in [6, 6.07) is 9.02. The lowest BCUT2D eigenvalue weighted by atomic mass is 10.1. The van der Waals surface area contributed by atoms with Crippen molar-refractivity contribution in [2.75, 3.05) is 6.61 Å². The van der Waals surface area contributed by atoms with Gasteiger partial charge in [0.2, 0.25) is 0 Å². The fourth-order valence-corrected chi connectivity index (χ4v) is 2.83. The van der Waals surface area contributed by atoms with Gasteiger partial charge >= 0.3 is 0 Å². The van der Waals surface area contributed by atoms with Gasteiger partial charge in [0.25, 0.3) is 5.56 Å². The van der Waals surface area contributed by atoms with Crippen molar-refractivity contribution in [3.05, 3.63) is 40.7 Å². The Morgan fingerprint density at radius 3 is 2.64 bits per heavy atom. The molecular weight excluding hydrogens is 330 g/mol. The van der Waals surface area contributed by atoms with Crippen molar-refractivity contribution in [1.82, 2.24) is 25.0 Å². The summed E-state index contributed by atoms with van der Waals surface area (Å²) in [5.74, 6) is 0.313. The van der Waals surface area contributed by atoms with Gasteiger partial charge in [-0.1, -0.05) is 35.5 Å². The SMILES string of the molecule is O=c1[nH]c(-c2ccccc2)nc2c1nnn2[C@@H]1O[C@H](CO)[C@@H](O)[C@H]1O. The maximum Gasteiger partial charge on any atom is 0.281 e. The number of fused-ring (bicyclic) bond motifs is 1. The van der Waals surface area contributed by atoms with Crippen molar-refractivity contribution in [1.29, 1.82) is 0 Å². The molecule has 4 N–H and O–H groups in total. The fourth-order valence-electron chi connectivity index (χ4n) is 2.83. The summed E-state index contributed by atoms with van der Waals surface area (Å²) in [5.41, 5.74) is 0.298. The van der Waals surface area contributed by atoms with E-state index in [1.165, 1.54) is 0 Å². The molecule has 10 nitrogen and oxygen atoms in total. The average Bonchev–Trinajstić information content (AvgIpc) is 3.18. The van der Waals surface area contributed by atoms with Gasteiger partial charge < -0.3 is 25.0 Å². The van der Waals surface area contributed by atoms with E-state index < -0.39 is 36.7 Å². The molecule has 10 heteroatoms. The van der Waals surface area contributed by atoms with Crippen molar-refractivity contribution in [2.45, 2.75) is 24.5 Å². The second-order valence-corrected chi connectivity index (χ2v) is 5.72. The Kier molecular flexibility index (Phi) is 3.81. The highest BCUT2D eigenvalue weighted by Gasteiger charge is 2.44. The largest absolute Gasteiger partial charge is 0.394 e. The molecule has 2 aromatic heterocycles. The summed E-state index contributed by atoms with van der Waals surface area (Å²) in [4.78, 5) is 19.3. The molecule has 0 amide bonds. The van der Waals surface area contributed by atoms with Crippen LogP contribution in [-0.4, -0.2) is 65.2 Å². The molecular formula is C15H15N5O5. The normalized spacial score (nSPS) is 26.4. The second kappa shape index (κ2) is 6.01. The monoisotopic (exact) mass is 345 g/mol. The van der Waals surface area contributed by atoms with E-state index in [1.54, 1.807) is 24.3 Å². The lowest BCUT2D eigenvalue weighted by Gasteiger charge is -2.14. The first kappa shape index (κ1) is 15.8. The predicted molar refractivity (Wildman–Crippen MR) is 84.4 cm³/mol. The fraction of sp³-hybridized carbons (Fsp3) is 0.333. The number of hydrogen-bond donors (Lipinski definition) is 4. The highest BCUT2D eigenvalue weighted by molar-refractivity contribution is 5.71. The van der Waals surface area contributed by atoms with Crippen molar-refractivity contribution in [2.24, 2.45) is 0 Å². The van der Waals surface area contributed by atoms with E-state index >= 15 is 0 Å². The molecule has 1 saturated heterocycles. The smallest absolute Gasteiger partial charge is 0.281 e. The van der Waals surface area contributed by atoms with Gasteiger partial charge in [0, 0.05) is 5.56 Å². The third kappa shape index (κ3) is 2.51. The van der Waals surface area contributed by atoms with Gasteiger partial charge in [-0.2, -0.15) is 4.68 Å². The van der Waals surface area contributed by atoms with Crippen molar-refractivity contribution >= 4 is 11.2 Å². The number of H-pyrrole nitrogens is 1. The van der Waals surface area contributed by atoms with E-state index in [9.17, 15) is 20.1 Å². The summed E-state index contributed by atoms with van der Waals surface area (Å²) < 4.78 is 6.57. The number of benzene rings is 1. The molecule has 4 rings (SSSR count). The summed E-state index contributed by atoms with van der Waals surface area (Å²) in [6.45, 7) is -0.468. The van der Waals surface area contributed by atoms with E-state index in [0.717, 1.165) is 4.68 Å². The summed E-state index contributed by atoms with van der Waals surface area (Å²) in [6.07, 6.45) is -4.71. The number of rotatable bonds is 3. The van der Waals surface area contributed by atoms with Crippen molar-refractivity contribution < 1.29 is 20.1 Å². The van der Waals surface area contributed by atoms with Gasteiger partial charge in [0.1, 0.15) is 24.1 Å². The highest BCUT2D eigenvalue weighted by Crippen LogP contribution is 2.30. The molecule has 0 aliphatic carbocycles. The molecule has 1 aromatic carbocycles. The molecule has 130 valence electrons. The predicted octanol–water partition coefficient (Wildman–Crippen LogP) is -1.21. The molecule has 4 atom stereocenters. The standard InChI is InChI=1S/C15H15N5O5/c21-6-8-10(22)11(23)15(25-8)20-13-9(18-19-20)14(24)17-12(16-13)7-4-2-1-3-5-7/h1-5,8,10-11,15,21-23H,6H2,(H,16,17,24)/t8-,10-,11-,15-/m1/s1. The van der Waals surface area contributed by atoms with Gasteiger partial charge in [-0.15, -0.1) is 5.10 Å². The highest BCUT2D eigenvalue weighted by atomic mass is 16.6.